The van der Waals surface area contributed by atoms with E-state index in [2.05, 4.69) is 0 Å². The Bertz CT molecular complexity index is 808. The Labute approximate surface area is 145 Å². The molecule has 1 aliphatic rings. The summed E-state index contributed by atoms with van der Waals surface area (Å²) in [7, 11) is 0. The Morgan fingerprint density at radius 1 is 1.24 bits per heavy atom. The van der Waals surface area contributed by atoms with Crippen LogP contribution in [-0.4, -0.2) is 19.1 Å². The number of hydrogen-bond donors (Lipinski definition) is 1. The number of hydrogen-bond acceptors (Lipinski definition) is 4. The van der Waals surface area contributed by atoms with Gasteiger partial charge in [0.2, 0.25) is 0 Å². The molecule has 0 aliphatic carbocycles. The second kappa shape index (κ2) is 7.09. The van der Waals surface area contributed by atoms with Crippen LogP contribution in [0, 0.1) is 11.6 Å². The number of halogens is 2. The van der Waals surface area contributed by atoms with E-state index in [1.807, 2.05) is 4.90 Å². The van der Waals surface area contributed by atoms with E-state index in [1.165, 1.54) is 12.1 Å². The van der Waals surface area contributed by atoms with Gasteiger partial charge < -0.3 is 15.4 Å². The van der Waals surface area contributed by atoms with Gasteiger partial charge in [0, 0.05) is 13.1 Å². The number of ether oxygens (including phenoxy) is 1. The van der Waals surface area contributed by atoms with Crippen molar-refractivity contribution in [2.24, 2.45) is 0 Å². The summed E-state index contributed by atoms with van der Waals surface area (Å²) in [6.45, 7) is 3.05. The van der Waals surface area contributed by atoms with Gasteiger partial charge >= 0.3 is 5.97 Å². The van der Waals surface area contributed by atoms with Gasteiger partial charge in [-0.15, -0.1) is 0 Å². The standard InChI is InChI=1S/C19H20F2N2O2/c1-2-25-17(24)10-13-4-6-16(18(21)19(13)22)23-8-7-12-9-15(20)5-3-14(12)11-23/h3-6,9H,2,7-8,10-11,22H2,1H3. The smallest absolute Gasteiger partial charge is 0.310 e. The lowest BCUT2D eigenvalue weighted by Crippen LogP contribution is -2.31. The Hall–Kier alpha value is -2.63. The molecular formula is C19H20F2N2O2. The number of nitrogens with two attached hydrogens (primary N) is 1. The first kappa shape index (κ1) is 17.2. The van der Waals surface area contributed by atoms with Gasteiger partial charge in [0.25, 0.3) is 0 Å². The monoisotopic (exact) mass is 346 g/mol. The SMILES string of the molecule is CCOC(=O)Cc1ccc(N2CCc3cc(F)ccc3C2)c(F)c1N. The van der Waals surface area contributed by atoms with E-state index < -0.39 is 11.8 Å². The molecule has 1 aliphatic heterocycles. The van der Waals surface area contributed by atoms with E-state index in [1.54, 1.807) is 25.1 Å². The minimum absolute atomic E-state index is 0.0320. The van der Waals surface area contributed by atoms with E-state index in [0.717, 1.165) is 11.1 Å². The highest BCUT2D eigenvalue weighted by Gasteiger charge is 2.22. The van der Waals surface area contributed by atoms with Crippen molar-refractivity contribution in [1.82, 2.24) is 0 Å². The van der Waals surface area contributed by atoms with Gasteiger partial charge in [-0.2, -0.15) is 0 Å². The van der Waals surface area contributed by atoms with Crippen molar-refractivity contribution >= 4 is 17.3 Å². The van der Waals surface area contributed by atoms with Crippen LogP contribution >= 0.6 is 0 Å². The fraction of sp³-hybridized carbons (Fsp3) is 0.316. The summed E-state index contributed by atoms with van der Waals surface area (Å²) in [6, 6.07) is 7.96. The van der Waals surface area contributed by atoms with Gasteiger partial charge in [0.1, 0.15) is 5.82 Å². The minimum Gasteiger partial charge on any atom is -0.466 e. The third-order valence-electron chi connectivity index (χ3n) is 4.41. The fourth-order valence-electron chi connectivity index (χ4n) is 3.11. The predicted molar refractivity (Wildman–Crippen MR) is 92.3 cm³/mol. The Balaban J connectivity index is 1.83. The third kappa shape index (κ3) is 3.57. The van der Waals surface area contributed by atoms with Crippen molar-refractivity contribution in [2.75, 3.05) is 23.8 Å². The first-order valence-electron chi connectivity index (χ1n) is 8.24. The van der Waals surface area contributed by atoms with Crippen molar-refractivity contribution in [3.63, 3.8) is 0 Å². The van der Waals surface area contributed by atoms with Crippen molar-refractivity contribution in [3.8, 4) is 0 Å². The fourth-order valence-corrected chi connectivity index (χ4v) is 3.11. The first-order valence-corrected chi connectivity index (χ1v) is 8.24. The average Bonchev–Trinajstić information content (AvgIpc) is 2.59. The number of carbonyl (C=O) groups excluding carboxylic acids is 1. The van der Waals surface area contributed by atoms with E-state index in [0.29, 0.717) is 30.8 Å². The van der Waals surface area contributed by atoms with Crippen LogP contribution < -0.4 is 10.6 Å². The predicted octanol–water partition coefficient (Wildman–Crippen LogP) is 3.22. The Morgan fingerprint density at radius 2 is 2.04 bits per heavy atom. The molecule has 2 aromatic carbocycles. The molecule has 0 aromatic heterocycles. The van der Waals surface area contributed by atoms with Crippen molar-refractivity contribution < 1.29 is 18.3 Å². The van der Waals surface area contributed by atoms with Crippen LogP contribution in [0.4, 0.5) is 20.2 Å². The third-order valence-corrected chi connectivity index (χ3v) is 4.41. The van der Waals surface area contributed by atoms with Gasteiger partial charge in [0.15, 0.2) is 5.82 Å². The molecule has 1 heterocycles. The van der Waals surface area contributed by atoms with Crippen LogP contribution in [0.2, 0.25) is 0 Å². The number of rotatable bonds is 4. The Morgan fingerprint density at radius 3 is 2.80 bits per heavy atom. The summed E-state index contributed by atoms with van der Waals surface area (Å²) in [5.41, 5.74) is 8.58. The summed E-state index contributed by atoms with van der Waals surface area (Å²) < 4.78 is 32.9. The van der Waals surface area contributed by atoms with Crippen LogP contribution in [0.15, 0.2) is 30.3 Å². The van der Waals surface area contributed by atoms with E-state index in [4.69, 9.17) is 10.5 Å². The first-order chi connectivity index (χ1) is 12.0. The lowest BCUT2D eigenvalue weighted by molar-refractivity contribution is -0.142. The summed E-state index contributed by atoms with van der Waals surface area (Å²) in [5, 5.41) is 0. The highest BCUT2D eigenvalue weighted by atomic mass is 19.1. The molecule has 4 nitrogen and oxygen atoms in total. The molecule has 2 aromatic rings. The summed E-state index contributed by atoms with van der Waals surface area (Å²) in [4.78, 5) is 13.5. The van der Waals surface area contributed by atoms with Crippen molar-refractivity contribution in [3.05, 3.63) is 58.7 Å². The second-order valence-electron chi connectivity index (χ2n) is 6.04. The maximum absolute atomic E-state index is 14.7. The maximum atomic E-state index is 14.7. The highest BCUT2D eigenvalue weighted by Crippen LogP contribution is 2.31. The van der Waals surface area contributed by atoms with Crippen LogP contribution in [-0.2, 0) is 28.9 Å². The summed E-state index contributed by atoms with van der Waals surface area (Å²) in [5.74, 6) is -1.23. The molecule has 0 saturated carbocycles. The zero-order chi connectivity index (χ0) is 18.0. The summed E-state index contributed by atoms with van der Waals surface area (Å²) in [6.07, 6.45) is 0.579. The number of fused-ring (bicyclic) bond motifs is 1. The van der Waals surface area contributed by atoms with Crippen LogP contribution in [0.1, 0.15) is 23.6 Å². The van der Waals surface area contributed by atoms with Gasteiger partial charge in [0.05, 0.1) is 24.4 Å². The molecule has 6 heteroatoms. The number of benzene rings is 2. The molecule has 0 amide bonds. The molecule has 0 atom stereocenters. The van der Waals surface area contributed by atoms with Gasteiger partial charge in [-0.1, -0.05) is 12.1 Å². The number of carbonyl (C=O) groups is 1. The van der Waals surface area contributed by atoms with Crippen LogP contribution in [0.25, 0.3) is 0 Å². The molecule has 132 valence electrons. The second-order valence-corrected chi connectivity index (χ2v) is 6.04. The maximum Gasteiger partial charge on any atom is 0.310 e. The van der Waals surface area contributed by atoms with Gasteiger partial charge in [-0.3, -0.25) is 4.79 Å². The highest BCUT2D eigenvalue weighted by molar-refractivity contribution is 5.76. The van der Waals surface area contributed by atoms with E-state index in [9.17, 15) is 13.6 Å². The molecule has 0 fully saturated rings. The van der Waals surface area contributed by atoms with E-state index >= 15 is 0 Å². The average molecular weight is 346 g/mol. The molecule has 25 heavy (non-hydrogen) atoms. The van der Waals surface area contributed by atoms with Gasteiger partial charge in [-0.25, -0.2) is 8.78 Å². The zero-order valence-corrected chi connectivity index (χ0v) is 14.0. The Kier molecular flexibility index (Phi) is 4.88. The molecule has 0 bridgehead atoms. The topological polar surface area (TPSA) is 55.6 Å². The lowest BCUT2D eigenvalue weighted by Gasteiger charge is -2.31. The van der Waals surface area contributed by atoms with Gasteiger partial charge in [-0.05, 0) is 48.2 Å². The minimum atomic E-state index is -0.535. The lowest BCUT2D eigenvalue weighted by atomic mass is 9.98. The molecular weight excluding hydrogens is 326 g/mol. The molecule has 0 radical (unpaired) electrons. The number of nitrogen functional groups attached to an aromatic ring is 1. The number of nitrogens with zero attached hydrogens (tertiary/aromatic N) is 1. The number of esters is 1. The van der Waals surface area contributed by atoms with Crippen molar-refractivity contribution in [1.29, 1.82) is 0 Å². The van der Waals surface area contributed by atoms with Crippen molar-refractivity contribution in [2.45, 2.75) is 26.3 Å². The molecule has 0 spiro atoms. The molecule has 2 N–H and O–H groups in total. The van der Waals surface area contributed by atoms with E-state index in [-0.39, 0.29) is 24.5 Å². The quantitative estimate of drug-likeness (QED) is 0.682. The molecule has 0 saturated heterocycles. The molecule has 0 unspecified atom stereocenters. The largest absolute Gasteiger partial charge is 0.466 e. The normalized spacial score (nSPS) is 13.5. The molecule has 3 rings (SSSR count). The van der Waals surface area contributed by atoms with Crippen LogP contribution in [0.5, 0.6) is 0 Å². The summed E-state index contributed by atoms with van der Waals surface area (Å²) >= 11 is 0. The van der Waals surface area contributed by atoms with Crippen LogP contribution in [0.3, 0.4) is 0 Å². The zero-order valence-electron chi connectivity index (χ0n) is 14.0. The number of anilines is 2.